The molecule has 0 aromatic heterocycles. The molecule has 0 bridgehead atoms. The lowest BCUT2D eigenvalue weighted by atomic mass is 9.79. The van der Waals surface area contributed by atoms with E-state index in [0.717, 1.165) is 11.1 Å². The van der Waals surface area contributed by atoms with Gasteiger partial charge in [-0.15, -0.1) is 0 Å². The molecule has 0 fully saturated rings. The molecule has 4 heteroatoms. The lowest BCUT2D eigenvalue weighted by Crippen LogP contribution is -2.45. The van der Waals surface area contributed by atoms with E-state index in [1.54, 1.807) is 29.2 Å². The first-order valence-corrected chi connectivity index (χ1v) is 9.38. The highest BCUT2D eigenvalue weighted by molar-refractivity contribution is 6.00. The average molecular weight is 371 g/mol. The van der Waals surface area contributed by atoms with Crippen molar-refractivity contribution in [1.29, 1.82) is 0 Å². The van der Waals surface area contributed by atoms with Gasteiger partial charge in [-0.1, -0.05) is 78.9 Å². The van der Waals surface area contributed by atoms with Gasteiger partial charge in [-0.2, -0.15) is 0 Å². The predicted molar refractivity (Wildman–Crippen MR) is 107 cm³/mol. The van der Waals surface area contributed by atoms with Crippen LogP contribution in [0.5, 0.6) is 0 Å². The summed E-state index contributed by atoms with van der Waals surface area (Å²) in [6.45, 7) is 0.459. The van der Waals surface area contributed by atoms with Crippen LogP contribution in [-0.2, 0) is 11.2 Å². The van der Waals surface area contributed by atoms with Crippen LogP contribution in [0.25, 0.3) is 0 Å². The second-order valence-electron chi connectivity index (χ2n) is 6.99. The van der Waals surface area contributed by atoms with Crippen LogP contribution in [0.15, 0.2) is 84.9 Å². The molecule has 0 saturated heterocycles. The molecular weight excluding hydrogens is 350 g/mol. The van der Waals surface area contributed by atoms with Gasteiger partial charge in [0, 0.05) is 12.1 Å². The summed E-state index contributed by atoms with van der Waals surface area (Å²) >= 11 is 0. The van der Waals surface area contributed by atoms with Gasteiger partial charge in [0.25, 0.3) is 5.91 Å². The molecule has 1 amide bonds. The second kappa shape index (κ2) is 7.69. The number of benzene rings is 3. The molecule has 0 unspecified atom stereocenters. The number of fused-ring (bicyclic) bond motifs is 1. The first-order chi connectivity index (χ1) is 13.7. The Bertz CT molecular complexity index is 985. The van der Waals surface area contributed by atoms with E-state index in [-0.39, 0.29) is 5.91 Å². The molecule has 1 aliphatic rings. The molecule has 0 saturated carbocycles. The Balaban J connectivity index is 1.79. The van der Waals surface area contributed by atoms with E-state index in [1.807, 2.05) is 60.7 Å². The Morgan fingerprint density at radius 1 is 0.857 bits per heavy atom. The molecule has 0 spiro atoms. The third kappa shape index (κ3) is 3.29. The number of rotatable bonds is 5. The number of carbonyl (C=O) groups is 2. The summed E-state index contributed by atoms with van der Waals surface area (Å²) in [5, 5.41) is 10.1. The van der Waals surface area contributed by atoms with Crippen molar-refractivity contribution >= 4 is 11.9 Å². The van der Waals surface area contributed by atoms with Gasteiger partial charge in [-0.3, -0.25) is 9.59 Å². The summed E-state index contributed by atoms with van der Waals surface area (Å²) in [6, 6.07) is 25.9. The zero-order valence-electron chi connectivity index (χ0n) is 15.4. The highest BCUT2D eigenvalue weighted by Gasteiger charge is 2.43. The molecule has 4 nitrogen and oxygen atoms in total. The normalized spacial score (nSPS) is 18.6. The number of carboxylic acid groups (broad SMARTS) is 1. The van der Waals surface area contributed by atoms with Crippen molar-refractivity contribution < 1.29 is 14.7 Å². The van der Waals surface area contributed by atoms with Gasteiger partial charge in [0.1, 0.15) is 5.92 Å². The molecule has 2 atom stereocenters. The zero-order chi connectivity index (χ0) is 19.5. The number of hydrogen-bond donors (Lipinski definition) is 1. The van der Waals surface area contributed by atoms with Gasteiger partial charge < -0.3 is 10.0 Å². The molecule has 0 aliphatic carbocycles. The van der Waals surface area contributed by atoms with Gasteiger partial charge in [-0.05, 0) is 29.2 Å². The van der Waals surface area contributed by atoms with Crippen molar-refractivity contribution in [2.45, 2.75) is 18.4 Å². The van der Waals surface area contributed by atoms with Crippen LogP contribution in [0.2, 0.25) is 0 Å². The maximum Gasteiger partial charge on any atom is 0.313 e. The summed E-state index contributed by atoms with van der Waals surface area (Å²) in [5.74, 6) is -1.83. The maximum atomic E-state index is 13.3. The Morgan fingerprint density at radius 2 is 1.46 bits per heavy atom. The first kappa shape index (κ1) is 18.0. The monoisotopic (exact) mass is 371 g/mol. The number of carbonyl (C=O) groups excluding carboxylic acids is 1. The van der Waals surface area contributed by atoms with Gasteiger partial charge in [0.2, 0.25) is 0 Å². The van der Waals surface area contributed by atoms with Gasteiger partial charge in [0.15, 0.2) is 0 Å². The largest absolute Gasteiger partial charge is 0.481 e. The molecule has 0 radical (unpaired) electrons. The molecule has 28 heavy (non-hydrogen) atoms. The van der Waals surface area contributed by atoms with E-state index in [1.165, 1.54) is 0 Å². The second-order valence-corrected chi connectivity index (χ2v) is 6.99. The fourth-order valence-electron chi connectivity index (χ4n) is 4.02. The van der Waals surface area contributed by atoms with Crippen LogP contribution in [0, 0.1) is 0 Å². The van der Waals surface area contributed by atoms with E-state index >= 15 is 0 Å². The van der Waals surface area contributed by atoms with Crippen LogP contribution < -0.4 is 0 Å². The molecule has 1 heterocycles. The minimum absolute atomic E-state index is 0.113. The Kier molecular flexibility index (Phi) is 4.94. The van der Waals surface area contributed by atoms with Crippen molar-refractivity contribution in [3.63, 3.8) is 0 Å². The van der Waals surface area contributed by atoms with Crippen LogP contribution in [0.4, 0.5) is 0 Å². The van der Waals surface area contributed by atoms with Gasteiger partial charge in [0.05, 0.1) is 6.04 Å². The quantitative estimate of drug-likeness (QED) is 0.728. The lowest BCUT2D eigenvalue weighted by Gasteiger charge is -2.41. The van der Waals surface area contributed by atoms with Gasteiger partial charge >= 0.3 is 5.97 Å². The van der Waals surface area contributed by atoms with Crippen LogP contribution in [0.3, 0.4) is 0 Å². The van der Waals surface area contributed by atoms with E-state index in [2.05, 4.69) is 0 Å². The summed E-state index contributed by atoms with van der Waals surface area (Å²) in [4.78, 5) is 27.3. The summed E-state index contributed by atoms with van der Waals surface area (Å²) in [7, 11) is 0. The first-order valence-electron chi connectivity index (χ1n) is 9.38. The molecular formula is C24H21NO3. The molecule has 3 aromatic rings. The SMILES string of the molecule is O=C(O)[C@@H]1c2ccccc2C(=O)N(CCc2ccccc2)[C@H]1c1ccccc1. The number of nitrogens with zero attached hydrogens (tertiary/aromatic N) is 1. The lowest BCUT2D eigenvalue weighted by molar-refractivity contribution is -0.140. The predicted octanol–water partition coefficient (Wildman–Crippen LogP) is 4.29. The highest BCUT2D eigenvalue weighted by atomic mass is 16.4. The topological polar surface area (TPSA) is 57.6 Å². The molecule has 4 rings (SSSR count). The van der Waals surface area contributed by atoms with Crippen molar-refractivity contribution in [3.05, 3.63) is 107 Å². The van der Waals surface area contributed by atoms with Crippen molar-refractivity contribution in [3.8, 4) is 0 Å². The van der Waals surface area contributed by atoms with Crippen molar-refractivity contribution in [2.75, 3.05) is 6.54 Å². The maximum absolute atomic E-state index is 13.3. The smallest absolute Gasteiger partial charge is 0.313 e. The molecule has 3 aromatic carbocycles. The van der Waals surface area contributed by atoms with Crippen LogP contribution in [0.1, 0.15) is 39.0 Å². The van der Waals surface area contributed by atoms with Crippen LogP contribution in [-0.4, -0.2) is 28.4 Å². The standard InChI is InChI=1S/C24H21NO3/c26-23-20-14-8-7-13-19(20)21(24(27)28)22(18-11-5-2-6-12-18)25(23)16-15-17-9-3-1-4-10-17/h1-14,21-22H,15-16H2,(H,27,28)/t21-,22+/m1/s1. The van der Waals surface area contributed by atoms with Gasteiger partial charge in [-0.25, -0.2) is 0 Å². The van der Waals surface area contributed by atoms with E-state index in [0.29, 0.717) is 24.1 Å². The zero-order valence-corrected chi connectivity index (χ0v) is 15.4. The third-order valence-corrected chi connectivity index (χ3v) is 5.33. The Labute approximate surface area is 164 Å². The number of carboxylic acids is 1. The molecule has 1 aliphatic heterocycles. The van der Waals surface area contributed by atoms with E-state index in [4.69, 9.17) is 0 Å². The minimum atomic E-state index is -0.918. The average Bonchev–Trinajstić information content (AvgIpc) is 2.74. The van der Waals surface area contributed by atoms with Crippen LogP contribution >= 0.6 is 0 Å². The Hall–Kier alpha value is -3.40. The third-order valence-electron chi connectivity index (χ3n) is 5.33. The van der Waals surface area contributed by atoms with Crippen molar-refractivity contribution in [1.82, 2.24) is 4.90 Å². The summed E-state index contributed by atoms with van der Waals surface area (Å²) in [6.07, 6.45) is 0.671. The molecule has 1 N–H and O–H groups in total. The number of hydrogen-bond acceptors (Lipinski definition) is 2. The van der Waals surface area contributed by atoms with Crippen molar-refractivity contribution in [2.24, 2.45) is 0 Å². The number of aliphatic carboxylic acids is 1. The fraction of sp³-hybridized carbons (Fsp3) is 0.167. The number of amides is 1. The fourth-order valence-corrected chi connectivity index (χ4v) is 4.02. The van der Waals surface area contributed by atoms with E-state index in [9.17, 15) is 14.7 Å². The molecule has 140 valence electrons. The summed E-state index contributed by atoms with van der Waals surface area (Å²) in [5.41, 5.74) is 3.03. The minimum Gasteiger partial charge on any atom is -0.481 e. The highest BCUT2D eigenvalue weighted by Crippen LogP contribution is 2.42. The van der Waals surface area contributed by atoms with E-state index < -0.39 is 17.9 Å². The Morgan fingerprint density at radius 3 is 2.14 bits per heavy atom. The summed E-state index contributed by atoms with van der Waals surface area (Å²) < 4.78 is 0.